The third kappa shape index (κ3) is 2.91. The van der Waals surface area contributed by atoms with Gasteiger partial charge in [0.2, 0.25) is 0 Å². The van der Waals surface area contributed by atoms with E-state index in [1.165, 1.54) is 0 Å². The zero-order valence-electron chi connectivity index (χ0n) is 8.96. The van der Waals surface area contributed by atoms with Crippen molar-refractivity contribution in [2.24, 2.45) is 0 Å². The Morgan fingerprint density at radius 2 is 2.13 bits per heavy atom. The molecule has 0 atom stereocenters. The van der Waals surface area contributed by atoms with Gasteiger partial charge in [0.1, 0.15) is 5.15 Å². The highest BCUT2D eigenvalue weighted by Crippen LogP contribution is 2.15. The SMILES string of the molecule is Cc1ccc(CN2CCNCC2)c(Cl)n1. The van der Waals surface area contributed by atoms with Crippen molar-refractivity contribution >= 4 is 11.6 Å². The van der Waals surface area contributed by atoms with Crippen molar-refractivity contribution in [3.63, 3.8) is 0 Å². The molecular weight excluding hydrogens is 210 g/mol. The van der Waals surface area contributed by atoms with Crippen LogP contribution in [0.1, 0.15) is 11.3 Å². The molecule has 0 bridgehead atoms. The molecule has 0 unspecified atom stereocenters. The smallest absolute Gasteiger partial charge is 0.133 e. The Hall–Kier alpha value is -0.640. The fourth-order valence-electron chi connectivity index (χ4n) is 1.78. The molecule has 1 N–H and O–H groups in total. The molecule has 1 fully saturated rings. The van der Waals surface area contributed by atoms with E-state index in [9.17, 15) is 0 Å². The molecule has 1 aromatic rings. The first-order valence-corrected chi connectivity index (χ1v) is 5.68. The highest BCUT2D eigenvalue weighted by Gasteiger charge is 2.11. The molecule has 1 aliphatic heterocycles. The van der Waals surface area contributed by atoms with Gasteiger partial charge < -0.3 is 5.32 Å². The molecule has 0 amide bonds. The molecule has 15 heavy (non-hydrogen) atoms. The lowest BCUT2D eigenvalue weighted by Gasteiger charge is -2.27. The van der Waals surface area contributed by atoms with Crippen LogP contribution in [0.2, 0.25) is 5.15 Å². The maximum absolute atomic E-state index is 6.10. The van der Waals surface area contributed by atoms with Crippen LogP contribution in [-0.2, 0) is 6.54 Å². The fraction of sp³-hybridized carbons (Fsp3) is 0.545. The van der Waals surface area contributed by atoms with Gasteiger partial charge in [-0.15, -0.1) is 0 Å². The average Bonchev–Trinajstić information content (AvgIpc) is 2.24. The van der Waals surface area contributed by atoms with E-state index in [-0.39, 0.29) is 0 Å². The van der Waals surface area contributed by atoms with Crippen molar-refractivity contribution in [3.05, 3.63) is 28.5 Å². The van der Waals surface area contributed by atoms with Gasteiger partial charge in [0.25, 0.3) is 0 Å². The van der Waals surface area contributed by atoms with Gasteiger partial charge in [0.05, 0.1) is 0 Å². The third-order valence-corrected chi connectivity index (χ3v) is 3.00. The summed E-state index contributed by atoms with van der Waals surface area (Å²) in [6, 6.07) is 4.09. The van der Waals surface area contributed by atoms with Crippen LogP contribution in [0.3, 0.4) is 0 Å². The largest absolute Gasteiger partial charge is 0.314 e. The first-order valence-electron chi connectivity index (χ1n) is 5.31. The number of hydrogen-bond donors (Lipinski definition) is 1. The normalized spacial score (nSPS) is 18.0. The number of hydrogen-bond acceptors (Lipinski definition) is 3. The summed E-state index contributed by atoms with van der Waals surface area (Å²) in [7, 11) is 0. The Morgan fingerprint density at radius 3 is 2.80 bits per heavy atom. The molecule has 1 aromatic heterocycles. The zero-order chi connectivity index (χ0) is 10.7. The highest BCUT2D eigenvalue weighted by atomic mass is 35.5. The number of aromatic nitrogens is 1. The molecule has 0 spiro atoms. The Kier molecular flexibility index (Phi) is 3.57. The molecule has 2 rings (SSSR count). The number of rotatable bonds is 2. The minimum Gasteiger partial charge on any atom is -0.314 e. The van der Waals surface area contributed by atoms with Gasteiger partial charge in [-0.1, -0.05) is 17.7 Å². The fourth-order valence-corrected chi connectivity index (χ4v) is 2.04. The second kappa shape index (κ2) is 4.92. The first-order chi connectivity index (χ1) is 7.25. The van der Waals surface area contributed by atoms with Crippen LogP contribution in [0.5, 0.6) is 0 Å². The Bertz CT molecular complexity index is 335. The van der Waals surface area contributed by atoms with Crippen LogP contribution in [0.4, 0.5) is 0 Å². The Labute approximate surface area is 95.4 Å². The van der Waals surface area contributed by atoms with E-state index in [1.807, 2.05) is 13.0 Å². The predicted octanol–water partition coefficient (Wildman–Crippen LogP) is 1.45. The van der Waals surface area contributed by atoms with Gasteiger partial charge in [-0.2, -0.15) is 0 Å². The number of nitrogens with one attached hydrogen (secondary N) is 1. The van der Waals surface area contributed by atoms with Crippen LogP contribution in [0, 0.1) is 6.92 Å². The second-order valence-electron chi connectivity index (χ2n) is 3.93. The Morgan fingerprint density at radius 1 is 1.40 bits per heavy atom. The minimum absolute atomic E-state index is 0.647. The van der Waals surface area contributed by atoms with Gasteiger partial charge in [-0.3, -0.25) is 4.90 Å². The standard InChI is InChI=1S/C11H16ClN3/c1-9-2-3-10(11(12)14-9)8-15-6-4-13-5-7-15/h2-3,13H,4-8H2,1H3. The molecule has 0 aromatic carbocycles. The van der Waals surface area contributed by atoms with Crippen molar-refractivity contribution in [2.45, 2.75) is 13.5 Å². The van der Waals surface area contributed by atoms with Crippen molar-refractivity contribution < 1.29 is 0 Å². The highest BCUT2D eigenvalue weighted by molar-refractivity contribution is 6.30. The van der Waals surface area contributed by atoms with Crippen LogP contribution in [-0.4, -0.2) is 36.1 Å². The summed E-state index contributed by atoms with van der Waals surface area (Å²) < 4.78 is 0. The van der Waals surface area contributed by atoms with Gasteiger partial charge in [0.15, 0.2) is 0 Å². The monoisotopic (exact) mass is 225 g/mol. The van der Waals surface area contributed by atoms with E-state index in [1.54, 1.807) is 0 Å². The molecule has 1 saturated heterocycles. The summed E-state index contributed by atoms with van der Waals surface area (Å²) in [6.45, 7) is 7.18. The topological polar surface area (TPSA) is 28.2 Å². The van der Waals surface area contributed by atoms with Crippen LogP contribution >= 0.6 is 11.6 Å². The quantitative estimate of drug-likeness (QED) is 0.773. The molecule has 2 heterocycles. The van der Waals surface area contributed by atoms with Crippen molar-refractivity contribution in [1.82, 2.24) is 15.2 Å². The number of aryl methyl sites for hydroxylation is 1. The van der Waals surface area contributed by atoms with Crippen LogP contribution < -0.4 is 5.32 Å². The van der Waals surface area contributed by atoms with Gasteiger partial charge in [-0.25, -0.2) is 4.98 Å². The molecule has 4 heteroatoms. The molecule has 3 nitrogen and oxygen atoms in total. The number of nitrogens with zero attached hydrogens (tertiary/aromatic N) is 2. The van der Waals surface area contributed by atoms with E-state index >= 15 is 0 Å². The molecule has 0 saturated carbocycles. The predicted molar refractivity (Wildman–Crippen MR) is 62.1 cm³/mol. The zero-order valence-corrected chi connectivity index (χ0v) is 9.72. The molecule has 0 radical (unpaired) electrons. The second-order valence-corrected chi connectivity index (χ2v) is 4.29. The molecule has 82 valence electrons. The van der Waals surface area contributed by atoms with E-state index in [4.69, 9.17) is 11.6 Å². The van der Waals surface area contributed by atoms with Gasteiger partial charge in [0, 0.05) is 44.0 Å². The summed E-state index contributed by atoms with van der Waals surface area (Å²) >= 11 is 6.10. The van der Waals surface area contributed by atoms with Crippen molar-refractivity contribution in [2.75, 3.05) is 26.2 Å². The summed E-state index contributed by atoms with van der Waals surface area (Å²) in [5.41, 5.74) is 2.10. The average molecular weight is 226 g/mol. The minimum atomic E-state index is 0.647. The van der Waals surface area contributed by atoms with E-state index in [0.29, 0.717) is 5.15 Å². The lowest BCUT2D eigenvalue weighted by atomic mass is 10.2. The van der Waals surface area contributed by atoms with E-state index < -0.39 is 0 Å². The van der Waals surface area contributed by atoms with Crippen molar-refractivity contribution in [3.8, 4) is 0 Å². The van der Waals surface area contributed by atoms with Crippen LogP contribution in [0.25, 0.3) is 0 Å². The lowest BCUT2D eigenvalue weighted by Crippen LogP contribution is -2.42. The lowest BCUT2D eigenvalue weighted by molar-refractivity contribution is 0.233. The number of piperazine rings is 1. The number of pyridine rings is 1. The van der Waals surface area contributed by atoms with Crippen molar-refractivity contribution in [1.29, 1.82) is 0 Å². The Balaban J connectivity index is 2.03. The van der Waals surface area contributed by atoms with E-state index in [0.717, 1.165) is 44.0 Å². The van der Waals surface area contributed by atoms with Gasteiger partial charge >= 0.3 is 0 Å². The molecular formula is C11H16ClN3. The summed E-state index contributed by atoms with van der Waals surface area (Å²) in [5.74, 6) is 0. The summed E-state index contributed by atoms with van der Waals surface area (Å²) in [6.07, 6.45) is 0. The van der Waals surface area contributed by atoms with Gasteiger partial charge in [-0.05, 0) is 13.0 Å². The maximum Gasteiger partial charge on any atom is 0.133 e. The molecule has 0 aliphatic carbocycles. The summed E-state index contributed by atoms with van der Waals surface area (Å²) in [4.78, 5) is 6.66. The first kappa shape index (κ1) is 10.9. The molecule has 1 aliphatic rings. The third-order valence-electron chi connectivity index (χ3n) is 2.67. The van der Waals surface area contributed by atoms with E-state index in [2.05, 4.69) is 21.3 Å². The number of halogens is 1. The van der Waals surface area contributed by atoms with Crippen LogP contribution in [0.15, 0.2) is 12.1 Å². The maximum atomic E-state index is 6.10. The summed E-state index contributed by atoms with van der Waals surface area (Å²) in [5, 5.41) is 3.98.